The molecule has 0 fully saturated rings. The summed E-state index contributed by atoms with van der Waals surface area (Å²) in [6.45, 7) is 2.78. The molecule has 5 nitrogen and oxygen atoms in total. The maximum Gasteiger partial charge on any atom is 0.261 e. The molecule has 2 aromatic carbocycles. The molecule has 5 heteroatoms. The molecular weight excluding hydrogens is 336 g/mol. The molecule has 0 saturated heterocycles. The Balaban J connectivity index is 1.49. The molecule has 0 spiro atoms. The van der Waals surface area contributed by atoms with Crippen molar-refractivity contribution in [3.05, 3.63) is 83.7 Å². The fourth-order valence-electron chi connectivity index (χ4n) is 3.43. The first-order chi connectivity index (χ1) is 13.2. The Labute approximate surface area is 159 Å². The van der Waals surface area contributed by atoms with Gasteiger partial charge in [0.2, 0.25) is 5.95 Å². The minimum Gasteiger partial charge on any atom is -0.348 e. The zero-order valence-electron chi connectivity index (χ0n) is 15.3. The van der Waals surface area contributed by atoms with Gasteiger partial charge in [-0.15, -0.1) is 0 Å². The van der Waals surface area contributed by atoms with Crippen LogP contribution in [0.1, 0.15) is 40.9 Å². The van der Waals surface area contributed by atoms with Crippen LogP contribution in [0.15, 0.2) is 67.0 Å². The lowest BCUT2D eigenvalue weighted by Crippen LogP contribution is -2.35. The van der Waals surface area contributed by atoms with Crippen LogP contribution in [0.5, 0.6) is 0 Å². The van der Waals surface area contributed by atoms with Gasteiger partial charge >= 0.3 is 0 Å². The first-order valence-corrected chi connectivity index (χ1v) is 9.25. The fraction of sp³-hybridized carbons (Fsp3) is 0.227. The van der Waals surface area contributed by atoms with E-state index in [1.165, 1.54) is 5.56 Å². The molecule has 1 aliphatic heterocycles. The van der Waals surface area contributed by atoms with Crippen LogP contribution in [-0.2, 0) is 6.42 Å². The standard InChI is InChI=1S/C22H22N4O/c1-16(17-8-3-2-4-9-17)25-22-23-14-19(15-24-22)21(27)26-13-7-11-18-10-5-6-12-20(18)26/h2-6,8-10,12,14-16H,7,11,13H2,1H3,(H,23,24,25). The molecule has 0 bridgehead atoms. The average Bonchev–Trinajstić information content (AvgIpc) is 2.74. The van der Waals surface area contributed by atoms with Gasteiger partial charge in [0.05, 0.1) is 11.6 Å². The van der Waals surface area contributed by atoms with Gasteiger partial charge in [-0.25, -0.2) is 9.97 Å². The number of fused-ring (bicyclic) bond motifs is 1. The van der Waals surface area contributed by atoms with Crippen molar-refractivity contribution in [1.82, 2.24) is 9.97 Å². The van der Waals surface area contributed by atoms with Crippen LogP contribution in [0.25, 0.3) is 0 Å². The zero-order valence-corrected chi connectivity index (χ0v) is 15.3. The summed E-state index contributed by atoms with van der Waals surface area (Å²) in [6.07, 6.45) is 5.19. The van der Waals surface area contributed by atoms with Crippen molar-refractivity contribution >= 4 is 17.5 Å². The SMILES string of the molecule is CC(Nc1ncc(C(=O)N2CCCc3ccccc32)cn1)c1ccccc1. The monoisotopic (exact) mass is 358 g/mol. The normalized spacial score (nSPS) is 14.3. The molecule has 0 radical (unpaired) electrons. The third-order valence-corrected chi connectivity index (χ3v) is 4.90. The second kappa shape index (κ2) is 7.58. The van der Waals surface area contributed by atoms with E-state index in [-0.39, 0.29) is 11.9 Å². The second-order valence-corrected chi connectivity index (χ2v) is 6.76. The number of hydrogen-bond donors (Lipinski definition) is 1. The lowest BCUT2D eigenvalue weighted by atomic mass is 10.0. The largest absolute Gasteiger partial charge is 0.348 e. The van der Waals surface area contributed by atoms with Crippen LogP contribution < -0.4 is 10.2 Å². The molecule has 136 valence electrons. The van der Waals surface area contributed by atoms with Gasteiger partial charge in [0.25, 0.3) is 5.91 Å². The highest BCUT2D eigenvalue weighted by Gasteiger charge is 2.23. The van der Waals surface area contributed by atoms with Gasteiger partial charge in [-0.1, -0.05) is 48.5 Å². The molecule has 1 amide bonds. The number of hydrogen-bond acceptors (Lipinski definition) is 4. The summed E-state index contributed by atoms with van der Waals surface area (Å²) < 4.78 is 0. The van der Waals surface area contributed by atoms with Crippen LogP contribution in [0.3, 0.4) is 0 Å². The molecule has 1 aromatic heterocycles. The third-order valence-electron chi connectivity index (χ3n) is 4.90. The smallest absolute Gasteiger partial charge is 0.261 e. The molecule has 4 rings (SSSR count). The van der Waals surface area contributed by atoms with Crippen molar-refractivity contribution < 1.29 is 4.79 Å². The summed E-state index contributed by atoms with van der Waals surface area (Å²) in [4.78, 5) is 23.5. The number of nitrogens with zero attached hydrogens (tertiary/aromatic N) is 3. The Morgan fingerprint density at radius 3 is 2.52 bits per heavy atom. The minimum absolute atomic E-state index is 0.0511. The topological polar surface area (TPSA) is 58.1 Å². The number of benzene rings is 2. The van der Waals surface area contributed by atoms with Crippen molar-refractivity contribution in [1.29, 1.82) is 0 Å². The van der Waals surface area contributed by atoms with E-state index in [1.54, 1.807) is 12.4 Å². The summed E-state index contributed by atoms with van der Waals surface area (Å²) in [5, 5.41) is 3.27. The van der Waals surface area contributed by atoms with Gasteiger partial charge in [0, 0.05) is 24.6 Å². The van der Waals surface area contributed by atoms with E-state index in [4.69, 9.17) is 0 Å². The van der Waals surface area contributed by atoms with E-state index in [2.05, 4.69) is 40.4 Å². The summed E-state index contributed by atoms with van der Waals surface area (Å²) >= 11 is 0. The van der Waals surface area contributed by atoms with Gasteiger partial charge in [-0.05, 0) is 37.0 Å². The number of para-hydroxylation sites is 1. The van der Waals surface area contributed by atoms with E-state index in [1.807, 2.05) is 41.3 Å². The van der Waals surface area contributed by atoms with Crippen LogP contribution in [-0.4, -0.2) is 22.4 Å². The van der Waals surface area contributed by atoms with Crippen molar-refractivity contribution in [2.75, 3.05) is 16.8 Å². The van der Waals surface area contributed by atoms with Crippen LogP contribution in [0.2, 0.25) is 0 Å². The quantitative estimate of drug-likeness (QED) is 0.758. The van der Waals surface area contributed by atoms with Crippen LogP contribution in [0, 0.1) is 0 Å². The first kappa shape index (κ1) is 17.2. The highest BCUT2D eigenvalue weighted by atomic mass is 16.2. The number of aryl methyl sites for hydroxylation is 1. The summed E-state index contributed by atoms with van der Waals surface area (Å²) in [5.41, 5.74) is 3.87. The number of aromatic nitrogens is 2. The predicted molar refractivity (Wildman–Crippen MR) is 107 cm³/mol. The van der Waals surface area contributed by atoms with Crippen LogP contribution >= 0.6 is 0 Å². The number of carbonyl (C=O) groups excluding carboxylic acids is 1. The van der Waals surface area contributed by atoms with Gasteiger partial charge in [-0.2, -0.15) is 0 Å². The Morgan fingerprint density at radius 2 is 1.74 bits per heavy atom. The van der Waals surface area contributed by atoms with Crippen molar-refractivity contribution in [3.63, 3.8) is 0 Å². The summed E-state index contributed by atoms with van der Waals surface area (Å²) in [7, 11) is 0. The second-order valence-electron chi connectivity index (χ2n) is 6.76. The Hall–Kier alpha value is -3.21. The molecule has 0 aliphatic carbocycles. The van der Waals surface area contributed by atoms with Gasteiger partial charge in [0.15, 0.2) is 0 Å². The number of rotatable bonds is 4. The summed E-state index contributed by atoms with van der Waals surface area (Å²) in [5.74, 6) is 0.465. The average molecular weight is 358 g/mol. The lowest BCUT2D eigenvalue weighted by Gasteiger charge is -2.29. The molecule has 1 atom stereocenters. The van der Waals surface area contributed by atoms with Crippen molar-refractivity contribution in [3.8, 4) is 0 Å². The molecule has 0 saturated carbocycles. The molecule has 2 heterocycles. The molecule has 1 aliphatic rings. The molecule has 3 aromatic rings. The predicted octanol–water partition coefficient (Wildman–Crippen LogP) is 4.24. The van der Waals surface area contributed by atoms with E-state index in [9.17, 15) is 4.79 Å². The number of nitrogens with one attached hydrogen (secondary N) is 1. The van der Waals surface area contributed by atoms with E-state index >= 15 is 0 Å². The minimum atomic E-state index is -0.0511. The van der Waals surface area contributed by atoms with E-state index in [0.717, 1.165) is 30.6 Å². The fourth-order valence-corrected chi connectivity index (χ4v) is 3.43. The Kier molecular flexibility index (Phi) is 4.83. The van der Waals surface area contributed by atoms with E-state index < -0.39 is 0 Å². The first-order valence-electron chi connectivity index (χ1n) is 9.25. The van der Waals surface area contributed by atoms with Gasteiger partial charge < -0.3 is 10.2 Å². The maximum absolute atomic E-state index is 12.9. The molecule has 1 unspecified atom stereocenters. The molecule has 1 N–H and O–H groups in total. The van der Waals surface area contributed by atoms with Crippen molar-refractivity contribution in [2.45, 2.75) is 25.8 Å². The maximum atomic E-state index is 12.9. The molecule has 27 heavy (non-hydrogen) atoms. The molecular formula is C22H22N4O. The Morgan fingerprint density at radius 1 is 1.04 bits per heavy atom. The zero-order chi connectivity index (χ0) is 18.6. The number of anilines is 2. The van der Waals surface area contributed by atoms with Gasteiger partial charge in [-0.3, -0.25) is 4.79 Å². The number of carbonyl (C=O) groups is 1. The highest BCUT2D eigenvalue weighted by Crippen LogP contribution is 2.28. The highest BCUT2D eigenvalue weighted by molar-refractivity contribution is 6.06. The summed E-state index contributed by atoms with van der Waals surface area (Å²) in [6, 6.07) is 18.3. The van der Waals surface area contributed by atoms with E-state index in [0.29, 0.717) is 11.5 Å². The Bertz CT molecular complexity index is 925. The lowest BCUT2D eigenvalue weighted by molar-refractivity contribution is 0.0984. The van der Waals surface area contributed by atoms with Crippen molar-refractivity contribution in [2.24, 2.45) is 0 Å². The van der Waals surface area contributed by atoms with Gasteiger partial charge in [0.1, 0.15) is 0 Å². The third kappa shape index (κ3) is 3.67. The van der Waals surface area contributed by atoms with Crippen LogP contribution in [0.4, 0.5) is 11.6 Å². The number of amides is 1.